The Balaban J connectivity index is 1.59. The van der Waals surface area contributed by atoms with Crippen LogP contribution in [0.5, 0.6) is 5.75 Å². The molecule has 4 aliphatic carbocycles. The van der Waals surface area contributed by atoms with Crippen LogP contribution in [0.25, 0.3) is 5.76 Å². The minimum atomic E-state index is -1.10. The third-order valence-electron chi connectivity index (χ3n) is 8.72. The van der Waals surface area contributed by atoms with Gasteiger partial charge in [-0.3, -0.25) is 14.4 Å². The summed E-state index contributed by atoms with van der Waals surface area (Å²) in [6.45, 7) is 0. The van der Waals surface area contributed by atoms with Crippen LogP contribution in [0.15, 0.2) is 23.0 Å². The first kappa shape index (κ1) is 24.4. The van der Waals surface area contributed by atoms with Crippen molar-refractivity contribution in [1.29, 1.82) is 0 Å². The summed E-state index contributed by atoms with van der Waals surface area (Å²) in [7, 11) is 3.83. The van der Waals surface area contributed by atoms with Gasteiger partial charge in [-0.25, -0.2) is 0 Å². The quantitative estimate of drug-likeness (QED) is 0.459. The fraction of sp³-hybridized carbons (Fsp3) is 0.536. The number of hydrogen-bond donors (Lipinski definition) is 4. The van der Waals surface area contributed by atoms with Crippen LogP contribution in [0.4, 0.5) is 5.69 Å². The molecule has 8 heteroatoms. The van der Waals surface area contributed by atoms with Gasteiger partial charge in [0.2, 0.25) is 0 Å². The van der Waals surface area contributed by atoms with E-state index in [1.165, 1.54) is 25.7 Å². The van der Waals surface area contributed by atoms with Gasteiger partial charge in [0.15, 0.2) is 11.6 Å². The summed E-state index contributed by atoms with van der Waals surface area (Å²) in [4.78, 5) is 39.9. The Kier molecular flexibility index (Phi) is 6.09. The fourth-order valence-corrected chi connectivity index (χ4v) is 6.99. The molecule has 2 fully saturated rings. The molecule has 5 rings (SSSR count). The number of nitrogens with zero attached hydrogens (tertiary/aromatic N) is 1. The van der Waals surface area contributed by atoms with Gasteiger partial charge in [0.25, 0.3) is 5.91 Å². The number of aryl methyl sites for hydroxylation is 1. The lowest BCUT2D eigenvalue weighted by Crippen LogP contribution is -2.44. The van der Waals surface area contributed by atoms with Gasteiger partial charge in [-0.15, -0.1) is 0 Å². The normalized spacial score (nSPS) is 26.1. The zero-order valence-corrected chi connectivity index (χ0v) is 20.8. The van der Waals surface area contributed by atoms with Crippen LogP contribution in [-0.2, 0) is 27.2 Å². The summed E-state index contributed by atoms with van der Waals surface area (Å²) < 4.78 is 0. The highest BCUT2D eigenvalue weighted by Gasteiger charge is 2.51. The van der Waals surface area contributed by atoms with Gasteiger partial charge in [0.1, 0.15) is 22.8 Å². The Morgan fingerprint density at radius 2 is 1.81 bits per heavy atom. The molecule has 2 saturated carbocycles. The van der Waals surface area contributed by atoms with Crippen LogP contribution in [0.3, 0.4) is 0 Å². The zero-order valence-electron chi connectivity index (χ0n) is 20.8. The molecule has 0 aromatic heterocycles. The van der Waals surface area contributed by atoms with E-state index in [9.17, 15) is 29.7 Å². The van der Waals surface area contributed by atoms with Crippen molar-refractivity contribution < 1.29 is 29.7 Å². The van der Waals surface area contributed by atoms with E-state index in [1.807, 2.05) is 25.1 Å². The third-order valence-corrected chi connectivity index (χ3v) is 8.72. The fourth-order valence-electron chi connectivity index (χ4n) is 6.99. The second-order valence-electron chi connectivity index (χ2n) is 11.1. The average molecular weight is 495 g/mol. The lowest BCUT2D eigenvalue weighted by molar-refractivity contribution is -0.127. The lowest BCUT2D eigenvalue weighted by Gasteiger charge is -2.41. The summed E-state index contributed by atoms with van der Waals surface area (Å²) in [5.41, 5.74) is 7.64. The zero-order chi connectivity index (χ0) is 25.9. The SMILES string of the molecule is CN(C)c1cc(CCC2CCCC2)c(O)c2c1CC1CC3CC(=O)C(C(N)=O)=C(O)C3C(=O)C1=C2O. The molecule has 8 nitrogen and oxygen atoms in total. The highest BCUT2D eigenvalue weighted by Crippen LogP contribution is 2.52. The molecule has 0 spiro atoms. The number of ketones is 2. The summed E-state index contributed by atoms with van der Waals surface area (Å²) in [5.74, 6) is -4.27. The predicted octanol–water partition coefficient (Wildman–Crippen LogP) is 3.50. The summed E-state index contributed by atoms with van der Waals surface area (Å²) in [6.07, 6.45) is 7.30. The molecule has 36 heavy (non-hydrogen) atoms. The van der Waals surface area contributed by atoms with Crippen molar-refractivity contribution in [2.24, 2.45) is 29.4 Å². The number of fused-ring (bicyclic) bond motifs is 3. The number of primary amides is 1. The molecule has 5 N–H and O–H groups in total. The van der Waals surface area contributed by atoms with E-state index in [2.05, 4.69) is 0 Å². The number of rotatable bonds is 5. The van der Waals surface area contributed by atoms with Crippen molar-refractivity contribution in [3.63, 3.8) is 0 Å². The minimum absolute atomic E-state index is 0.00313. The van der Waals surface area contributed by atoms with E-state index >= 15 is 0 Å². The number of allylic oxidation sites excluding steroid dienone is 2. The number of anilines is 1. The largest absolute Gasteiger partial charge is 0.511 e. The smallest absolute Gasteiger partial charge is 0.255 e. The number of benzene rings is 1. The van der Waals surface area contributed by atoms with Crippen LogP contribution >= 0.6 is 0 Å². The Bertz CT molecular complexity index is 1220. The van der Waals surface area contributed by atoms with E-state index < -0.39 is 40.6 Å². The molecular weight excluding hydrogens is 460 g/mol. The van der Waals surface area contributed by atoms with Crippen molar-refractivity contribution >= 4 is 28.9 Å². The van der Waals surface area contributed by atoms with E-state index in [4.69, 9.17) is 5.73 Å². The Hall–Kier alpha value is -3.29. The maximum atomic E-state index is 13.6. The van der Waals surface area contributed by atoms with Crippen LogP contribution in [0.1, 0.15) is 61.6 Å². The molecule has 0 aliphatic heterocycles. The lowest BCUT2D eigenvalue weighted by atomic mass is 9.61. The maximum Gasteiger partial charge on any atom is 0.255 e. The van der Waals surface area contributed by atoms with Gasteiger partial charge in [-0.05, 0) is 60.6 Å². The minimum Gasteiger partial charge on any atom is -0.511 e. The number of aliphatic hydroxyl groups is 2. The summed E-state index contributed by atoms with van der Waals surface area (Å²) in [5, 5.41) is 33.5. The molecule has 192 valence electrons. The predicted molar refractivity (Wildman–Crippen MR) is 135 cm³/mol. The molecule has 0 heterocycles. The Morgan fingerprint density at radius 1 is 1.11 bits per heavy atom. The number of hydrogen-bond acceptors (Lipinski definition) is 7. The van der Waals surface area contributed by atoms with E-state index in [-0.39, 0.29) is 35.0 Å². The van der Waals surface area contributed by atoms with Crippen molar-refractivity contribution in [1.82, 2.24) is 0 Å². The van der Waals surface area contributed by atoms with Crippen LogP contribution in [0.2, 0.25) is 0 Å². The van der Waals surface area contributed by atoms with E-state index in [0.29, 0.717) is 25.2 Å². The number of nitrogens with two attached hydrogens (primary N) is 1. The molecule has 0 bridgehead atoms. The van der Waals surface area contributed by atoms with E-state index in [0.717, 1.165) is 23.2 Å². The first-order valence-electron chi connectivity index (χ1n) is 12.9. The molecule has 1 aromatic rings. The van der Waals surface area contributed by atoms with E-state index in [1.54, 1.807) is 0 Å². The van der Waals surface area contributed by atoms with Gasteiger partial charge in [0.05, 0.1) is 11.5 Å². The third kappa shape index (κ3) is 3.78. The number of aromatic hydroxyl groups is 1. The number of phenols is 1. The van der Waals surface area contributed by atoms with Crippen molar-refractivity contribution in [3.8, 4) is 5.75 Å². The molecule has 0 saturated heterocycles. The second-order valence-corrected chi connectivity index (χ2v) is 11.1. The number of phenolic OH excluding ortho intramolecular Hbond substituents is 1. The maximum absolute atomic E-state index is 13.6. The summed E-state index contributed by atoms with van der Waals surface area (Å²) >= 11 is 0. The standard InChI is InChI=1S/C28H34N2O6/c1-30(2)18-11-14(8-7-13-5-3-4-6-13)24(32)22-17(18)10-15-9-16-12-19(31)23(28(29)36)27(35)21(16)25(33)20(15)26(22)34/h11,13,15-16,21,32,34-35H,3-10,12H2,1-2H3,(H2,29,36). The van der Waals surface area contributed by atoms with Gasteiger partial charge in [-0.2, -0.15) is 0 Å². The van der Waals surface area contributed by atoms with Crippen LogP contribution < -0.4 is 10.6 Å². The Labute approximate surface area is 210 Å². The molecule has 4 aliphatic rings. The summed E-state index contributed by atoms with van der Waals surface area (Å²) in [6, 6.07) is 1.99. The molecule has 3 unspecified atom stereocenters. The topological polar surface area (TPSA) is 141 Å². The highest BCUT2D eigenvalue weighted by molar-refractivity contribution is 6.21. The van der Waals surface area contributed by atoms with Gasteiger partial charge in [-0.1, -0.05) is 25.7 Å². The van der Waals surface area contributed by atoms with Crippen molar-refractivity contribution in [2.75, 3.05) is 19.0 Å². The van der Waals surface area contributed by atoms with Crippen molar-refractivity contribution in [3.05, 3.63) is 39.7 Å². The van der Waals surface area contributed by atoms with Gasteiger partial charge < -0.3 is 26.0 Å². The van der Waals surface area contributed by atoms with Crippen molar-refractivity contribution in [2.45, 2.75) is 57.8 Å². The second kappa shape index (κ2) is 8.98. The number of amides is 1. The monoisotopic (exact) mass is 494 g/mol. The number of carbonyl (C=O) groups is 3. The van der Waals surface area contributed by atoms with Crippen LogP contribution in [-0.4, -0.2) is 46.9 Å². The molecule has 0 radical (unpaired) electrons. The van der Waals surface area contributed by atoms with Gasteiger partial charge in [0, 0.05) is 31.8 Å². The molecule has 1 amide bonds. The average Bonchev–Trinajstić information content (AvgIpc) is 3.31. The Morgan fingerprint density at radius 3 is 2.44 bits per heavy atom. The number of aliphatic hydroxyl groups excluding tert-OH is 2. The van der Waals surface area contributed by atoms with Gasteiger partial charge >= 0.3 is 0 Å². The molecule has 3 atom stereocenters. The van der Waals surface area contributed by atoms with Crippen LogP contribution in [0, 0.1) is 23.7 Å². The highest BCUT2D eigenvalue weighted by atomic mass is 16.3. The number of carbonyl (C=O) groups excluding carboxylic acids is 3. The number of Topliss-reactive ketones (excluding diaryl/α,β-unsaturated/α-hetero) is 2. The first-order valence-corrected chi connectivity index (χ1v) is 12.9. The molecular formula is C28H34N2O6. The first-order chi connectivity index (χ1) is 17.1. The molecule has 1 aromatic carbocycles.